The van der Waals surface area contributed by atoms with E-state index in [0.29, 0.717) is 24.1 Å². The van der Waals surface area contributed by atoms with Gasteiger partial charge < -0.3 is 10.6 Å². The zero-order chi connectivity index (χ0) is 13.7. The van der Waals surface area contributed by atoms with Crippen LogP contribution in [0.1, 0.15) is 25.3 Å². The molecule has 19 heavy (non-hydrogen) atoms. The monoisotopic (exact) mass is 264 g/mol. The lowest BCUT2D eigenvalue weighted by Crippen LogP contribution is -2.48. The number of nitrogens with one attached hydrogen (secondary N) is 2. The molecule has 1 saturated heterocycles. The van der Waals surface area contributed by atoms with E-state index in [4.69, 9.17) is 0 Å². The van der Waals surface area contributed by atoms with Crippen molar-refractivity contribution < 1.29 is 9.18 Å². The van der Waals surface area contributed by atoms with Gasteiger partial charge in [0, 0.05) is 12.6 Å². The first-order valence-electron chi connectivity index (χ1n) is 6.89. The number of rotatable bonds is 4. The lowest BCUT2D eigenvalue weighted by molar-refractivity contribution is -0.120. The summed E-state index contributed by atoms with van der Waals surface area (Å²) >= 11 is 0. The van der Waals surface area contributed by atoms with Crippen LogP contribution in [0.4, 0.5) is 4.39 Å². The van der Waals surface area contributed by atoms with Crippen LogP contribution in [0.15, 0.2) is 24.3 Å². The molecule has 1 heterocycles. The highest BCUT2D eigenvalue weighted by molar-refractivity contribution is 5.78. The van der Waals surface area contributed by atoms with Gasteiger partial charge in [0.2, 0.25) is 5.91 Å². The highest BCUT2D eigenvalue weighted by atomic mass is 19.1. The van der Waals surface area contributed by atoms with Crippen LogP contribution in [-0.2, 0) is 11.2 Å². The van der Waals surface area contributed by atoms with Gasteiger partial charge in [0.1, 0.15) is 5.82 Å². The minimum Gasteiger partial charge on any atom is -0.354 e. The van der Waals surface area contributed by atoms with Crippen LogP contribution in [0.2, 0.25) is 0 Å². The van der Waals surface area contributed by atoms with E-state index in [1.54, 1.807) is 12.1 Å². The van der Waals surface area contributed by atoms with Gasteiger partial charge in [0.15, 0.2) is 0 Å². The third kappa shape index (κ3) is 4.31. The molecule has 104 valence electrons. The van der Waals surface area contributed by atoms with Crippen LogP contribution < -0.4 is 10.6 Å². The maximum atomic E-state index is 13.0. The summed E-state index contributed by atoms with van der Waals surface area (Å²) in [7, 11) is 0. The molecule has 1 amide bonds. The fourth-order valence-electron chi connectivity index (χ4n) is 2.51. The molecule has 1 aromatic rings. The summed E-state index contributed by atoms with van der Waals surface area (Å²) in [5.74, 6) is 0.237. The number of hydrogen-bond donors (Lipinski definition) is 2. The molecule has 0 radical (unpaired) electrons. The molecule has 1 fully saturated rings. The predicted molar refractivity (Wildman–Crippen MR) is 73.3 cm³/mol. The zero-order valence-electron chi connectivity index (χ0n) is 11.3. The number of hydrogen-bond acceptors (Lipinski definition) is 2. The fraction of sp³-hybridized carbons (Fsp3) is 0.533. The summed E-state index contributed by atoms with van der Waals surface area (Å²) in [6.07, 6.45) is 2.64. The van der Waals surface area contributed by atoms with Crippen LogP contribution in [0.25, 0.3) is 0 Å². The second-order valence-corrected chi connectivity index (χ2v) is 5.29. The molecule has 0 aliphatic carbocycles. The molecule has 2 N–H and O–H groups in total. The number of carbonyl (C=O) groups excluding carboxylic acids is 1. The van der Waals surface area contributed by atoms with Gasteiger partial charge in [-0.2, -0.15) is 0 Å². The van der Waals surface area contributed by atoms with Crippen LogP contribution in [0.5, 0.6) is 0 Å². The molecule has 2 rings (SSSR count). The Morgan fingerprint density at radius 1 is 1.53 bits per heavy atom. The van der Waals surface area contributed by atoms with Crippen molar-refractivity contribution in [3.05, 3.63) is 35.6 Å². The molecule has 0 saturated carbocycles. The number of amides is 1. The number of halogens is 1. The third-order valence-electron chi connectivity index (χ3n) is 3.70. The maximum absolute atomic E-state index is 13.0. The number of benzene rings is 1. The maximum Gasteiger partial charge on any atom is 0.224 e. The zero-order valence-corrected chi connectivity index (χ0v) is 11.3. The smallest absolute Gasteiger partial charge is 0.224 e. The third-order valence-corrected chi connectivity index (χ3v) is 3.70. The summed E-state index contributed by atoms with van der Waals surface area (Å²) in [6, 6.07) is 6.54. The molecule has 4 heteroatoms. The van der Waals surface area contributed by atoms with Gasteiger partial charge in [-0.25, -0.2) is 4.39 Å². The summed E-state index contributed by atoms with van der Waals surface area (Å²) < 4.78 is 13.0. The highest BCUT2D eigenvalue weighted by Gasteiger charge is 2.20. The Labute approximate surface area is 113 Å². The molecule has 1 aliphatic heterocycles. The molecule has 1 aromatic carbocycles. The van der Waals surface area contributed by atoms with E-state index in [2.05, 4.69) is 17.6 Å². The minimum absolute atomic E-state index is 0.0508. The molecular formula is C15H21FN2O. The lowest BCUT2D eigenvalue weighted by atomic mass is 9.93. The van der Waals surface area contributed by atoms with Crippen molar-refractivity contribution in [1.82, 2.24) is 10.6 Å². The molecule has 2 unspecified atom stereocenters. The van der Waals surface area contributed by atoms with Gasteiger partial charge >= 0.3 is 0 Å². The predicted octanol–water partition coefficient (Wildman–Crippen LogP) is 1.87. The Hall–Kier alpha value is -1.42. The lowest BCUT2D eigenvalue weighted by Gasteiger charge is -2.30. The van der Waals surface area contributed by atoms with Crippen molar-refractivity contribution in [2.24, 2.45) is 5.92 Å². The summed E-state index contributed by atoms with van der Waals surface area (Å²) in [6.45, 7) is 3.87. The molecule has 0 spiro atoms. The van der Waals surface area contributed by atoms with Gasteiger partial charge in [0.05, 0.1) is 6.42 Å². The van der Waals surface area contributed by atoms with E-state index in [1.165, 1.54) is 25.0 Å². The van der Waals surface area contributed by atoms with Gasteiger partial charge in [0.25, 0.3) is 0 Å². The second-order valence-electron chi connectivity index (χ2n) is 5.29. The standard InChI is InChI=1S/C15H21FN2O/c1-11-4-3-7-17-14(11)10-18-15(19)9-12-5-2-6-13(16)8-12/h2,5-6,8,11,14,17H,3-4,7,9-10H2,1H3,(H,18,19). The molecular weight excluding hydrogens is 243 g/mol. The van der Waals surface area contributed by atoms with Gasteiger partial charge in [-0.1, -0.05) is 19.1 Å². The number of piperidine rings is 1. The van der Waals surface area contributed by atoms with Crippen LogP contribution >= 0.6 is 0 Å². The SMILES string of the molecule is CC1CCCNC1CNC(=O)Cc1cccc(F)c1. The van der Waals surface area contributed by atoms with Crippen molar-refractivity contribution in [2.45, 2.75) is 32.2 Å². The Kier molecular flexibility index (Phi) is 4.91. The average Bonchev–Trinajstić information content (AvgIpc) is 2.38. The van der Waals surface area contributed by atoms with Gasteiger partial charge in [-0.05, 0) is 43.0 Å². The Bertz CT molecular complexity index is 436. The Morgan fingerprint density at radius 2 is 2.37 bits per heavy atom. The van der Waals surface area contributed by atoms with E-state index in [1.807, 2.05) is 0 Å². The Morgan fingerprint density at radius 3 is 3.11 bits per heavy atom. The molecule has 2 atom stereocenters. The van der Waals surface area contributed by atoms with Crippen molar-refractivity contribution in [1.29, 1.82) is 0 Å². The van der Waals surface area contributed by atoms with E-state index in [9.17, 15) is 9.18 Å². The second kappa shape index (κ2) is 6.66. The van der Waals surface area contributed by atoms with E-state index in [-0.39, 0.29) is 18.1 Å². The first-order chi connectivity index (χ1) is 9.15. The van der Waals surface area contributed by atoms with Crippen molar-refractivity contribution >= 4 is 5.91 Å². The normalized spacial score (nSPS) is 23.1. The van der Waals surface area contributed by atoms with Crippen molar-refractivity contribution in [3.8, 4) is 0 Å². The number of carbonyl (C=O) groups is 1. The molecule has 1 aliphatic rings. The fourth-order valence-corrected chi connectivity index (χ4v) is 2.51. The quantitative estimate of drug-likeness (QED) is 0.871. The highest BCUT2D eigenvalue weighted by Crippen LogP contribution is 2.14. The van der Waals surface area contributed by atoms with E-state index < -0.39 is 0 Å². The first kappa shape index (κ1) is 14.0. The van der Waals surface area contributed by atoms with E-state index >= 15 is 0 Å². The summed E-state index contributed by atoms with van der Waals surface area (Å²) in [5, 5.41) is 6.35. The van der Waals surface area contributed by atoms with Crippen molar-refractivity contribution in [3.63, 3.8) is 0 Å². The molecule has 0 bridgehead atoms. The molecule has 3 nitrogen and oxygen atoms in total. The minimum atomic E-state index is -0.298. The first-order valence-corrected chi connectivity index (χ1v) is 6.89. The van der Waals surface area contributed by atoms with Crippen LogP contribution in [0.3, 0.4) is 0 Å². The summed E-state index contributed by atoms with van der Waals surface area (Å²) in [5.41, 5.74) is 0.710. The largest absolute Gasteiger partial charge is 0.354 e. The average molecular weight is 264 g/mol. The summed E-state index contributed by atoms with van der Waals surface area (Å²) in [4.78, 5) is 11.8. The topological polar surface area (TPSA) is 41.1 Å². The Balaban J connectivity index is 1.78. The van der Waals surface area contributed by atoms with Crippen molar-refractivity contribution in [2.75, 3.05) is 13.1 Å². The van der Waals surface area contributed by atoms with Crippen LogP contribution in [0, 0.1) is 11.7 Å². The molecule has 0 aromatic heterocycles. The van der Waals surface area contributed by atoms with Crippen LogP contribution in [-0.4, -0.2) is 25.0 Å². The van der Waals surface area contributed by atoms with Gasteiger partial charge in [-0.3, -0.25) is 4.79 Å². The van der Waals surface area contributed by atoms with E-state index in [0.717, 1.165) is 6.54 Å². The van der Waals surface area contributed by atoms with Gasteiger partial charge in [-0.15, -0.1) is 0 Å².